The molecule has 0 bridgehead atoms. The molecule has 212 valence electrons. The Labute approximate surface area is 255 Å². The molecular formula is C41H36O2. The second kappa shape index (κ2) is 13.3. The molecular weight excluding hydrogens is 524 g/mol. The maximum Gasteiger partial charge on any atom is 0.127 e. The van der Waals surface area contributed by atoms with Crippen molar-refractivity contribution < 1.29 is 9.47 Å². The zero-order valence-electron chi connectivity index (χ0n) is 24.8. The Morgan fingerprint density at radius 2 is 0.628 bits per heavy atom. The van der Waals surface area contributed by atoms with Crippen LogP contribution in [0.3, 0.4) is 0 Å². The molecule has 0 saturated heterocycles. The van der Waals surface area contributed by atoms with E-state index in [0.717, 1.165) is 36.5 Å². The van der Waals surface area contributed by atoms with E-state index in [1.54, 1.807) is 7.11 Å². The molecule has 0 unspecified atom stereocenters. The molecule has 0 radical (unpaired) electrons. The molecule has 0 spiro atoms. The third-order valence-electron chi connectivity index (χ3n) is 7.83. The molecule has 0 atom stereocenters. The largest absolute Gasteiger partial charge is 0.497 e. The Kier molecular flexibility index (Phi) is 8.66. The molecule has 0 saturated carbocycles. The normalized spacial score (nSPS) is 10.8. The van der Waals surface area contributed by atoms with Gasteiger partial charge in [0.05, 0.1) is 7.11 Å². The van der Waals surface area contributed by atoms with Crippen LogP contribution in [0, 0.1) is 6.92 Å². The first-order valence-electron chi connectivity index (χ1n) is 14.8. The number of methoxy groups -OCH3 is 1. The second-order valence-corrected chi connectivity index (χ2v) is 11.1. The van der Waals surface area contributed by atoms with Crippen molar-refractivity contribution >= 4 is 0 Å². The van der Waals surface area contributed by atoms with E-state index in [1.165, 1.54) is 50.1 Å². The van der Waals surface area contributed by atoms with Gasteiger partial charge in [-0.25, -0.2) is 0 Å². The van der Waals surface area contributed by atoms with E-state index in [1.807, 2.05) is 36.4 Å². The predicted octanol–water partition coefficient (Wildman–Crippen LogP) is 10.2. The van der Waals surface area contributed by atoms with Crippen molar-refractivity contribution in [2.24, 2.45) is 0 Å². The van der Waals surface area contributed by atoms with Gasteiger partial charge in [-0.15, -0.1) is 0 Å². The highest BCUT2D eigenvalue weighted by molar-refractivity contribution is 5.64. The molecule has 6 aromatic rings. The van der Waals surface area contributed by atoms with Gasteiger partial charge in [0, 0.05) is 0 Å². The Balaban J connectivity index is 1.01. The minimum absolute atomic E-state index is 0.838. The molecule has 2 nitrogen and oxygen atoms in total. The van der Waals surface area contributed by atoms with E-state index < -0.39 is 0 Å². The van der Waals surface area contributed by atoms with E-state index in [4.69, 9.17) is 9.47 Å². The van der Waals surface area contributed by atoms with Crippen LogP contribution in [0.15, 0.2) is 146 Å². The first kappa shape index (κ1) is 28.1. The van der Waals surface area contributed by atoms with Crippen molar-refractivity contribution in [1.29, 1.82) is 0 Å². The quantitative estimate of drug-likeness (QED) is 0.166. The van der Waals surface area contributed by atoms with Crippen molar-refractivity contribution in [3.05, 3.63) is 185 Å². The van der Waals surface area contributed by atoms with E-state index >= 15 is 0 Å². The molecule has 0 aliphatic carbocycles. The molecule has 0 amide bonds. The fourth-order valence-electron chi connectivity index (χ4n) is 5.27. The SMILES string of the molecule is COc1ccc(Cc2ccc(Oc3ccc(Cc4ccc(-c5ccc(Cc6ccc(C)cc6)cc5)cc4)cc3)cc2)cc1. The minimum Gasteiger partial charge on any atom is -0.497 e. The van der Waals surface area contributed by atoms with Crippen LogP contribution in [0.5, 0.6) is 17.2 Å². The third kappa shape index (κ3) is 7.61. The maximum absolute atomic E-state index is 6.11. The third-order valence-corrected chi connectivity index (χ3v) is 7.83. The molecule has 0 fully saturated rings. The molecule has 0 aliphatic heterocycles. The first-order chi connectivity index (χ1) is 21.1. The van der Waals surface area contributed by atoms with Crippen molar-refractivity contribution in [2.75, 3.05) is 7.11 Å². The summed E-state index contributed by atoms with van der Waals surface area (Å²) in [7, 11) is 1.69. The van der Waals surface area contributed by atoms with Crippen LogP contribution < -0.4 is 9.47 Å². The number of aryl methyl sites for hydroxylation is 1. The number of hydrogen-bond acceptors (Lipinski definition) is 2. The molecule has 0 aliphatic rings. The summed E-state index contributed by atoms with van der Waals surface area (Å²) >= 11 is 0. The van der Waals surface area contributed by atoms with Gasteiger partial charge < -0.3 is 9.47 Å². The predicted molar refractivity (Wildman–Crippen MR) is 177 cm³/mol. The van der Waals surface area contributed by atoms with E-state index in [0.29, 0.717) is 0 Å². The van der Waals surface area contributed by atoms with Gasteiger partial charge in [0.15, 0.2) is 0 Å². The molecule has 6 aromatic carbocycles. The van der Waals surface area contributed by atoms with Crippen LogP contribution in [0.1, 0.15) is 38.9 Å². The highest BCUT2D eigenvalue weighted by Crippen LogP contribution is 2.26. The summed E-state index contributed by atoms with van der Waals surface area (Å²) in [5.41, 5.74) is 11.5. The standard InChI is InChI=1S/C41H36O2/c1-30-3-5-31(6-4-30)27-32-7-17-37(18-8-32)38-19-9-33(10-20-38)28-35-13-23-40(24-14-35)43-41-25-15-36(16-26-41)29-34-11-21-39(42-2)22-12-34/h3-26H,27-29H2,1-2H3. The van der Waals surface area contributed by atoms with Crippen molar-refractivity contribution in [3.8, 4) is 28.4 Å². The molecule has 6 rings (SSSR count). The van der Waals surface area contributed by atoms with Gasteiger partial charge in [-0.2, -0.15) is 0 Å². The smallest absolute Gasteiger partial charge is 0.127 e. The summed E-state index contributed by atoms with van der Waals surface area (Å²) in [6.07, 6.45) is 2.72. The molecule has 0 heterocycles. The average Bonchev–Trinajstić information content (AvgIpc) is 3.05. The van der Waals surface area contributed by atoms with Crippen LogP contribution in [0.2, 0.25) is 0 Å². The van der Waals surface area contributed by atoms with Crippen molar-refractivity contribution in [3.63, 3.8) is 0 Å². The van der Waals surface area contributed by atoms with Crippen LogP contribution in [-0.4, -0.2) is 7.11 Å². The lowest BCUT2D eigenvalue weighted by Gasteiger charge is -2.09. The van der Waals surface area contributed by atoms with Crippen LogP contribution in [0.25, 0.3) is 11.1 Å². The van der Waals surface area contributed by atoms with E-state index in [9.17, 15) is 0 Å². The summed E-state index contributed by atoms with van der Waals surface area (Å²) in [4.78, 5) is 0. The molecule has 0 aromatic heterocycles. The van der Waals surface area contributed by atoms with Gasteiger partial charge in [-0.05, 0) is 107 Å². The van der Waals surface area contributed by atoms with Crippen molar-refractivity contribution in [2.45, 2.75) is 26.2 Å². The summed E-state index contributed by atoms with van der Waals surface area (Å²) in [6.45, 7) is 2.13. The van der Waals surface area contributed by atoms with Crippen molar-refractivity contribution in [1.82, 2.24) is 0 Å². The second-order valence-electron chi connectivity index (χ2n) is 11.1. The molecule has 2 heteroatoms. The number of rotatable bonds is 10. The lowest BCUT2D eigenvalue weighted by molar-refractivity contribution is 0.414. The van der Waals surface area contributed by atoms with Crippen LogP contribution in [-0.2, 0) is 19.3 Å². The van der Waals surface area contributed by atoms with E-state index in [2.05, 4.69) is 116 Å². The Bertz CT molecular complexity index is 1730. The summed E-state index contributed by atoms with van der Waals surface area (Å²) in [6, 6.07) is 51.5. The summed E-state index contributed by atoms with van der Waals surface area (Å²) < 4.78 is 11.4. The highest BCUT2D eigenvalue weighted by atomic mass is 16.5. The van der Waals surface area contributed by atoms with Gasteiger partial charge >= 0.3 is 0 Å². The zero-order valence-corrected chi connectivity index (χ0v) is 24.8. The zero-order chi connectivity index (χ0) is 29.4. The fraction of sp³-hybridized carbons (Fsp3) is 0.122. The maximum atomic E-state index is 6.11. The average molecular weight is 561 g/mol. The fourth-order valence-corrected chi connectivity index (χ4v) is 5.27. The van der Waals surface area contributed by atoms with Gasteiger partial charge in [0.25, 0.3) is 0 Å². The van der Waals surface area contributed by atoms with Gasteiger partial charge in [0.2, 0.25) is 0 Å². The minimum atomic E-state index is 0.838. The number of hydrogen-bond donors (Lipinski definition) is 0. The molecule has 43 heavy (non-hydrogen) atoms. The Morgan fingerprint density at radius 1 is 0.349 bits per heavy atom. The number of ether oxygens (including phenoxy) is 2. The lowest BCUT2D eigenvalue weighted by atomic mass is 9.98. The Morgan fingerprint density at radius 3 is 0.953 bits per heavy atom. The first-order valence-corrected chi connectivity index (χ1v) is 14.8. The van der Waals surface area contributed by atoms with Gasteiger partial charge in [-0.1, -0.05) is 115 Å². The Hall–Kier alpha value is -5.08. The van der Waals surface area contributed by atoms with Crippen LogP contribution in [0.4, 0.5) is 0 Å². The van der Waals surface area contributed by atoms with E-state index in [-0.39, 0.29) is 0 Å². The van der Waals surface area contributed by atoms with Gasteiger partial charge in [-0.3, -0.25) is 0 Å². The summed E-state index contributed by atoms with van der Waals surface area (Å²) in [5, 5.41) is 0. The molecule has 0 N–H and O–H groups in total. The highest BCUT2D eigenvalue weighted by Gasteiger charge is 2.04. The van der Waals surface area contributed by atoms with Crippen LogP contribution >= 0.6 is 0 Å². The number of benzene rings is 6. The topological polar surface area (TPSA) is 18.5 Å². The summed E-state index contributed by atoms with van der Waals surface area (Å²) in [5.74, 6) is 2.56. The lowest BCUT2D eigenvalue weighted by Crippen LogP contribution is -1.91. The van der Waals surface area contributed by atoms with Gasteiger partial charge in [0.1, 0.15) is 17.2 Å². The monoisotopic (exact) mass is 560 g/mol.